The van der Waals surface area contributed by atoms with Gasteiger partial charge >= 0.3 is 0 Å². The van der Waals surface area contributed by atoms with E-state index in [-0.39, 0.29) is 22.1 Å². The average Bonchev–Trinajstić information content (AvgIpc) is 2.85. The van der Waals surface area contributed by atoms with Gasteiger partial charge in [0.1, 0.15) is 17.0 Å². The van der Waals surface area contributed by atoms with Crippen molar-refractivity contribution in [2.75, 3.05) is 26.1 Å². The topological polar surface area (TPSA) is 96.0 Å². The smallest absolute Gasteiger partial charge is 0.262 e. The first-order valence-corrected chi connectivity index (χ1v) is 11.6. The van der Waals surface area contributed by atoms with Gasteiger partial charge in [-0.05, 0) is 42.5 Å². The number of aromatic nitrogens is 1. The summed E-state index contributed by atoms with van der Waals surface area (Å²) in [5.74, 6) is -0.444. The van der Waals surface area contributed by atoms with E-state index < -0.39 is 21.7 Å². The lowest BCUT2D eigenvalue weighted by molar-refractivity contribution is 0.358. The molecule has 0 aliphatic carbocycles. The Morgan fingerprint density at radius 3 is 2.26 bits per heavy atom. The number of fused-ring (bicyclic) bond motifs is 1. The van der Waals surface area contributed by atoms with Gasteiger partial charge in [-0.15, -0.1) is 0 Å². The monoisotopic (exact) mass is 502 g/mol. The van der Waals surface area contributed by atoms with Crippen molar-refractivity contribution in [1.29, 1.82) is 0 Å². The molecule has 0 fully saturated rings. The van der Waals surface area contributed by atoms with Crippen LogP contribution in [-0.4, -0.2) is 34.7 Å². The van der Waals surface area contributed by atoms with Gasteiger partial charge in [-0.2, -0.15) is 0 Å². The molecule has 182 valence electrons. The molecular formula is C24H20F2N2O6S. The lowest BCUT2D eigenvalue weighted by Crippen LogP contribution is -2.14. The van der Waals surface area contributed by atoms with E-state index in [2.05, 4.69) is 9.71 Å². The van der Waals surface area contributed by atoms with Crippen LogP contribution < -0.4 is 23.7 Å². The van der Waals surface area contributed by atoms with Crippen LogP contribution in [0.15, 0.2) is 65.7 Å². The summed E-state index contributed by atoms with van der Waals surface area (Å²) >= 11 is 0. The van der Waals surface area contributed by atoms with Crippen molar-refractivity contribution in [3.63, 3.8) is 0 Å². The Hall–Kier alpha value is -4.12. The van der Waals surface area contributed by atoms with Crippen molar-refractivity contribution in [2.24, 2.45) is 0 Å². The maximum Gasteiger partial charge on any atom is 0.262 e. The standard InChI is InChI=1S/C24H20F2N2O6S/c1-31-21-9-6-16-20(10-11-27-23(16)24(21)33-3)34-14-4-8-19(18(26)12-14)28-35(29,30)15-5-7-17(25)22(13-15)32-2/h4-13,28H,1-3H3. The van der Waals surface area contributed by atoms with E-state index in [0.717, 1.165) is 24.3 Å². The molecule has 0 saturated heterocycles. The van der Waals surface area contributed by atoms with Crippen LogP contribution in [0.3, 0.4) is 0 Å². The quantitative estimate of drug-likeness (QED) is 0.357. The zero-order valence-electron chi connectivity index (χ0n) is 18.8. The number of hydrogen-bond acceptors (Lipinski definition) is 7. The van der Waals surface area contributed by atoms with Crippen molar-refractivity contribution in [3.8, 4) is 28.7 Å². The van der Waals surface area contributed by atoms with Gasteiger partial charge in [-0.1, -0.05) is 0 Å². The number of hydrogen-bond donors (Lipinski definition) is 1. The van der Waals surface area contributed by atoms with Crippen molar-refractivity contribution < 1.29 is 36.1 Å². The Morgan fingerprint density at radius 2 is 1.57 bits per heavy atom. The number of anilines is 1. The first-order valence-electron chi connectivity index (χ1n) is 10.1. The third-order valence-electron chi connectivity index (χ3n) is 5.06. The summed E-state index contributed by atoms with van der Waals surface area (Å²) in [6.45, 7) is 0. The number of nitrogens with one attached hydrogen (secondary N) is 1. The number of benzene rings is 3. The highest BCUT2D eigenvalue weighted by Crippen LogP contribution is 2.39. The van der Waals surface area contributed by atoms with Gasteiger partial charge in [0, 0.05) is 23.7 Å². The summed E-state index contributed by atoms with van der Waals surface area (Å²) in [5, 5.41) is 0.598. The van der Waals surface area contributed by atoms with Crippen molar-refractivity contribution in [1.82, 2.24) is 4.98 Å². The van der Waals surface area contributed by atoms with E-state index in [1.165, 1.54) is 39.7 Å². The van der Waals surface area contributed by atoms with E-state index in [1.807, 2.05) is 0 Å². The number of ether oxygens (including phenoxy) is 4. The third-order valence-corrected chi connectivity index (χ3v) is 6.42. The van der Waals surface area contributed by atoms with Crippen LogP contribution in [0.4, 0.5) is 14.5 Å². The lowest BCUT2D eigenvalue weighted by Gasteiger charge is -2.14. The number of halogens is 2. The molecule has 4 aromatic rings. The van der Waals surface area contributed by atoms with Gasteiger partial charge in [0.25, 0.3) is 10.0 Å². The Balaban J connectivity index is 1.61. The lowest BCUT2D eigenvalue weighted by atomic mass is 10.1. The fourth-order valence-electron chi connectivity index (χ4n) is 3.38. The van der Waals surface area contributed by atoms with Crippen molar-refractivity contribution >= 4 is 26.6 Å². The third kappa shape index (κ3) is 4.76. The van der Waals surface area contributed by atoms with Gasteiger partial charge in [0.15, 0.2) is 28.9 Å². The predicted molar refractivity (Wildman–Crippen MR) is 125 cm³/mol. The predicted octanol–water partition coefficient (Wildman–Crippen LogP) is 5.13. The maximum absolute atomic E-state index is 14.8. The van der Waals surface area contributed by atoms with E-state index in [1.54, 1.807) is 18.2 Å². The fraction of sp³-hybridized carbons (Fsp3) is 0.125. The molecule has 0 amide bonds. The van der Waals surface area contributed by atoms with E-state index in [0.29, 0.717) is 28.2 Å². The normalized spacial score (nSPS) is 11.2. The Kier molecular flexibility index (Phi) is 6.61. The molecule has 0 bridgehead atoms. The molecule has 0 radical (unpaired) electrons. The minimum Gasteiger partial charge on any atom is -0.494 e. The molecule has 35 heavy (non-hydrogen) atoms. The maximum atomic E-state index is 14.8. The minimum atomic E-state index is -4.21. The van der Waals surface area contributed by atoms with Gasteiger partial charge in [0.2, 0.25) is 0 Å². The van der Waals surface area contributed by atoms with Crippen molar-refractivity contribution in [2.45, 2.75) is 4.90 Å². The summed E-state index contributed by atoms with van der Waals surface area (Å²) in [6.07, 6.45) is 1.51. The second-order valence-electron chi connectivity index (χ2n) is 7.15. The van der Waals surface area contributed by atoms with E-state index in [4.69, 9.17) is 18.9 Å². The minimum absolute atomic E-state index is 0.121. The molecule has 11 heteroatoms. The first kappa shape index (κ1) is 24.0. The second-order valence-corrected chi connectivity index (χ2v) is 8.83. The van der Waals surface area contributed by atoms with Crippen LogP contribution in [0, 0.1) is 11.6 Å². The molecule has 8 nitrogen and oxygen atoms in total. The van der Waals surface area contributed by atoms with Crippen LogP contribution in [0.25, 0.3) is 10.9 Å². The Labute approximate surface area is 200 Å². The molecule has 0 aliphatic rings. The van der Waals surface area contributed by atoms with Crippen LogP contribution in [0.2, 0.25) is 0 Å². The van der Waals surface area contributed by atoms with Gasteiger partial charge < -0.3 is 18.9 Å². The van der Waals surface area contributed by atoms with Gasteiger partial charge in [-0.3, -0.25) is 9.71 Å². The zero-order chi connectivity index (χ0) is 25.2. The van der Waals surface area contributed by atoms with Gasteiger partial charge in [-0.25, -0.2) is 17.2 Å². The highest BCUT2D eigenvalue weighted by molar-refractivity contribution is 7.92. The van der Waals surface area contributed by atoms with Crippen LogP contribution >= 0.6 is 0 Å². The fourth-order valence-corrected chi connectivity index (χ4v) is 4.46. The summed E-state index contributed by atoms with van der Waals surface area (Å²) in [5.41, 5.74) is 0.176. The van der Waals surface area contributed by atoms with Crippen molar-refractivity contribution in [3.05, 3.63) is 72.4 Å². The summed E-state index contributed by atoms with van der Waals surface area (Å²) in [7, 11) is -0.00515. The SMILES string of the molecule is COc1cc(S(=O)(=O)Nc2ccc(Oc3ccnc4c(OC)c(OC)ccc34)cc2F)ccc1F. The molecular weight excluding hydrogens is 482 g/mol. The first-order chi connectivity index (χ1) is 16.8. The summed E-state index contributed by atoms with van der Waals surface area (Å²) in [4.78, 5) is 4.02. The highest BCUT2D eigenvalue weighted by Gasteiger charge is 2.20. The van der Waals surface area contributed by atoms with Crippen LogP contribution in [-0.2, 0) is 10.0 Å². The largest absolute Gasteiger partial charge is 0.494 e. The molecule has 0 atom stereocenters. The van der Waals surface area contributed by atoms with E-state index >= 15 is 0 Å². The molecule has 0 spiro atoms. The zero-order valence-corrected chi connectivity index (χ0v) is 19.7. The molecule has 4 rings (SSSR count). The van der Waals surface area contributed by atoms with E-state index in [9.17, 15) is 17.2 Å². The van der Waals surface area contributed by atoms with Gasteiger partial charge in [0.05, 0.1) is 31.9 Å². The molecule has 0 aliphatic heterocycles. The number of rotatable bonds is 8. The molecule has 0 saturated carbocycles. The number of methoxy groups -OCH3 is 3. The second kappa shape index (κ2) is 9.63. The van der Waals surface area contributed by atoms with Crippen LogP contribution in [0.1, 0.15) is 0 Å². The molecule has 1 aromatic heterocycles. The molecule has 3 aromatic carbocycles. The Morgan fingerprint density at radius 1 is 0.800 bits per heavy atom. The summed E-state index contributed by atoms with van der Waals surface area (Å²) < 4.78 is 77.2. The number of nitrogens with zero attached hydrogens (tertiary/aromatic N) is 1. The Bertz CT molecular complexity index is 1510. The molecule has 0 unspecified atom stereocenters. The number of sulfonamides is 1. The highest BCUT2D eigenvalue weighted by atomic mass is 32.2. The average molecular weight is 502 g/mol. The molecule has 1 heterocycles. The molecule has 1 N–H and O–H groups in total. The van der Waals surface area contributed by atoms with Crippen LogP contribution in [0.5, 0.6) is 28.7 Å². The number of pyridine rings is 1. The summed E-state index contributed by atoms with van der Waals surface area (Å²) in [6, 6.07) is 11.7.